The van der Waals surface area contributed by atoms with E-state index in [1.807, 2.05) is 0 Å². The van der Waals surface area contributed by atoms with Gasteiger partial charge in [0, 0.05) is 21.1 Å². The highest BCUT2D eigenvalue weighted by Gasteiger charge is 2.25. The molecule has 1 N–H and O–H groups in total. The van der Waals surface area contributed by atoms with Crippen molar-refractivity contribution >= 4 is 32.5 Å². The molecule has 1 fully saturated rings. The SMILES string of the molecule is CN(CC1OCCO1)C(=O)Nc1nnc(S(=O)(=O)N(C)C)s1. The second-order valence-corrected chi connectivity index (χ2v) is 7.95. The van der Waals surface area contributed by atoms with Gasteiger partial charge in [-0.05, 0) is 0 Å². The molecule has 1 aromatic heterocycles. The monoisotopic (exact) mass is 351 g/mol. The molecule has 0 radical (unpaired) electrons. The summed E-state index contributed by atoms with van der Waals surface area (Å²) in [5, 5.41) is 9.83. The van der Waals surface area contributed by atoms with Crippen molar-refractivity contribution in [1.29, 1.82) is 0 Å². The maximum absolute atomic E-state index is 12.0. The summed E-state index contributed by atoms with van der Waals surface area (Å²) < 4.78 is 35.1. The predicted octanol–water partition coefficient (Wildman–Crippen LogP) is -0.375. The van der Waals surface area contributed by atoms with Crippen molar-refractivity contribution in [2.24, 2.45) is 0 Å². The highest BCUT2D eigenvalue weighted by molar-refractivity contribution is 7.91. The molecular weight excluding hydrogens is 334 g/mol. The zero-order chi connectivity index (χ0) is 16.3. The molecule has 1 saturated heterocycles. The Morgan fingerprint density at radius 3 is 2.55 bits per heavy atom. The molecule has 1 aliphatic heterocycles. The van der Waals surface area contributed by atoms with Gasteiger partial charge in [-0.15, -0.1) is 10.2 Å². The zero-order valence-electron chi connectivity index (χ0n) is 12.3. The average Bonchev–Trinajstić information content (AvgIpc) is 3.10. The number of urea groups is 1. The summed E-state index contributed by atoms with van der Waals surface area (Å²) in [4.78, 5) is 13.3. The van der Waals surface area contributed by atoms with Crippen LogP contribution < -0.4 is 5.32 Å². The predicted molar refractivity (Wildman–Crippen MR) is 78.1 cm³/mol. The Balaban J connectivity index is 1.96. The first-order valence-corrected chi connectivity index (χ1v) is 8.57. The van der Waals surface area contributed by atoms with Crippen molar-refractivity contribution in [1.82, 2.24) is 19.4 Å². The number of anilines is 1. The maximum Gasteiger partial charge on any atom is 0.323 e. The van der Waals surface area contributed by atoms with Gasteiger partial charge in [0.1, 0.15) is 0 Å². The first-order valence-electron chi connectivity index (χ1n) is 6.32. The lowest BCUT2D eigenvalue weighted by Crippen LogP contribution is -2.37. The molecular formula is C10H17N5O5S2. The molecule has 12 heteroatoms. The summed E-state index contributed by atoms with van der Waals surface area (Å²) in [6.07, 6.45) is -0.449. The average molecular weight is 351 g/mol. The molecule has 2 heterocycles. The van der Waals surface area contributed by atoms with Crippen molar-refractivity contribution in [2.45, 2.75) is 10.6 Å². The first kappa shape index (κ1) is 17.0. The molecule has 1 aliphatic rings. The van der Waals surface area contributed by atoms with Crippen LogP contribution in [0.1, 0.15) is 0 Å². The van der Waals surface area contributed by atoms with E-state index in [0.717, 1.165) is 15.6 Å². The summed E-state index contributed by atoms with van der Waals surface area (Å²) in [7, 11) is 0.697. The lowest BCUT2D eigenvalue weighted by molar-refractivity contribution is -0.0518. The molecule has 0 saturated carbocycles. The van der Waals surface area contributed by atoms with Crippen LogP contribution in [-0.4, -0.2) is 81.0 Å². The third-order valence-corrected chi connectivity index (χ3v) is 5.78. The fourth-order valence-electron chi connectivity index (χ4n) is 1.53. The Morgan fingerprint density at radius 1 is 1.32 bits per heavy atom. The lowest BCUT2D eigenvalue weighted by atomic mass is 10.5. The summed E-state index contributed by atoms with van der Waals surface area (Å²) >= 11 is 0.784. The third kappa shape index (κ3) is 3.89. The Bertz CT molecular complexity index is 625. The Labute approximate surface area is 132 Å². The number of ether oxygens (including phenoxy) is 2. The number of amides is 2. The van der Waals surface area contributed by atoms with Crippen LogP contribution in [0.15, 0.2) is 4.34 Å². The zero-order valence-corrected chi connectivity index (χ0v) is 14.0. The van der Waals surface area contributed by atoms with Crippen molar-refractivity contribution < 1.29 is 22.7 Å². The van der Waals surface area contributed by atoms with Gasteiger partial charge in [-0.1, -0.05) is 11.3 Å². The van der Waals surface area contributed by atoms with Gasteiger partial charge < -0.3 is 14.4 Å². The molecule has 2 amide bonds. The molecule has 0 aromatic carbocycles. The van der Waals surface area contributed by atoms with Crippen molar-refractivity contribution in [3.05, 3.63) is 0 Å². The quantitative estimate of drug-likeness (QED) is 0.720. The number of sulfonamides is 1. The molecule has 0 spiro atoms. The first-order chi connectivity index (χ1) is 10.3. The van der Waals surface area contributed by atoms with Crippen LogP contribution in [0, 0.1) is 0 Å². The summed E-state index contributed by atoms with van der Waals surface area (Å²) in [5.74, 6) is 0. The number of likely N-dealkylation sites (N-methyl/N-ethyl adjacent to an activating group) is 1. The standard InChI is InChI=1S/C10H17N5O5S2/c1-14(2)22(17,18)10-13-12-8(21-10)11-9(16)15(3)6-7-19-4-5-20-7/h7H,4-6H2,1-3H3,(H,11,12,16). The number of carbonyl (C=O) groups is 1. The van der Waals surface area contributed by atoms with Crippen LogP contribution in [0.25, 0.3) is 0 Å². The second kappa shape index (κ2) is 6.83. The normalized spacial score (nSPS) is 16.2. The highest BCUT2D eigenvalue weighted by Crippen LogP contribution is 2.22. The third-order valence-electron chi connectivity index (χ3n) is 2.78. The number of nitrogens with one attached hydrogen (secondary N) is 1. The van der Waals surface area contributed by atoms with E-state index in [0.29, 0.717) is 13.2 Å². The van der Waals surface area contributed by atoms with Gasteiger partial charge >= 0.3 is 6.03 Å². The Kier molecular flexibility index (Phi) is 5.28. The number of carbonyl (C=O) groups excluding carboxylic acids is 1. The van der Waals surface area contributed by atoms with Crippen LogP contribution in [0.4, 0.5) is 9.93 Å². The van der Waals surface area contributed by atoms with E-state index in [2.05, 4.69) is 15.5 Å². The largest absolute Gasteiger partial charge is 0.348 e. The van der Waals surface area contributed by atoms with Gasteiger partial charge in [0.25, 0.3) is 10.0 Å². The molecule has 124 valence electrons. The topological polar surface area (TPSA) is 114 Å². The summed E-state index contributed by atoms with van der Waals surface area (Å²) in [5.41, 5.74) is 0. The molecule has 22 heavy (non-hydrogen) atoms. The van der Waals surface area contributed by atoms with Gasteiger partial charge in [-0.2, -0.15) is 0 Å². The minimum Gasteiger partial charge on any atom is -0.348 e. The summed E-state index contributed by atoms with van der Waals surface area (Å²) in [6.45, 7) is 1.26. The number of hydrogen-bond donors (Lipinski definition) is 1. The fourth-order valence-corrected chi connectivity index (χ4v) is 3.56. The number of aromatic nitrogens is 2. The van der Waals surface area contributed by atoms with E-state index in [1.165, 1.54) is 19.0 Å². The van der Waals surface area contributed by atoms with Crippen LogP contribution in [-0.2, 0) is 19.5 Å². The molecule has 0 aliphatic carbocycles. The van der Waals surface area contributed by atoms with E-state index >= 15 is 0 Å². The van der Waals surface area contributed by atoms with E-state index < -0.39 is 22.3 Å². The molecule has 0 atom stereocenters. The van der Waals surface area contributed by atoms with E-state index in [9.17, 15) is 13.2 Å². The van der Waals surface area contributed by atoms with Gasteiger partial charge in [0.2, 0.25) is 9.47 Å². The minimum atomic E-state index is -3.66. The molecule has 10 nitrogen and oxygen atoms in total. The highest BCUT2D eigenvalue weighted by atomic mass is 32.2. The molecule has 0 bridgehead atoms. The van der Waals surface area contributed by atoms with Gasteiger partial charge in [-0.25, -0.2) is 17.5 Å². The van der Waals surface area contributed by atoms with Crippen molar-refractivity contribution in [3.63, 3.8) is 0 Å². The minimum absolute atomic E-state index is 0.102. The fraction of sp³-hybridized carbons (Fsp3) is 0.700. The van der Waals surface area contributed by atoms with E-state index in [-0.39, 0.29) is 16.0 Å². The van der Waals surface area contributed by atoms with Crippen molar-refractivity contribution in [2.75, 3.05) is 46.2 Å². The molecule has 0 unspecified atom stereocenters. The van der Waals surface area contributed by atoms with E-state index in [4.69, 9.17) is 9.47 Å². The Morgan fingerprint density at radius 2 is 1.95 bits per heavy atom. The van der Waals surface area contributed by atoms with Gasteiger partial charge in [0.15, 0.2) is 6.29 Å². The number of hydrogen-bond acceptors (Lipinski definition) is 8. The maximum atomic E-state index is 12.0. The lowest BCUT2D eigenvalue weighted by Gasteiger charge is -2.19. The molecule has 2 rings (SSSR count). The molecule has 1 aromatic rings. The number of rotatable bonds is 5. The van der Waals surface area contributed by atoms with Crippen LogP contribution in [0.3, 0.4) is 0 Å². The van der Waals surface area contributed by atoms with Crippen molar-refractivity contribution in [3.8, 4) is 0 Å². The van der Waals surface area contributed by atoms with Gasteiger partial charge in [-0.3, -0.25) is 5.32 Å². The van der Waals surface area contributed by atoms with Crippen LogP contribution >= 0.6 is 11.3 Å². The van der Waals surface area contributed by atoms with Crippen LogP contribution in [0.5, 0.6) is 0 Å². The smallest absolute Gasteiger partial charge is 0.323 e. The Hall–Kier alpha value is -1.34. The van der Waals surface area contributed by atoms with Gasteiger partial charge in [0.05, 0.1) is 19.8 Å². The van der Waals surface area contributed by atoms with Crippen LogP contribution in [0.2, 0.25) is 0 Å². The number of nitrogens with zero attached hydrogens (tertiary/aromatic N) is 4. The second-order valence-electron chi connectivity index (χ2n) is 4.64. The van der Waals surface area contributed by atoms with E-state index in [1.54, 1.807) is 7.05 Å². The summed E-state index contributed by atoms with van der Waals surface area (Å²) in [6, 6.07) is -0.455.